The first-order chi connectivity index (χ1) is 9.56. The van der Waals surface area contributed by atoms with Crippen LogP contribution >= 0.6 is 15.9 Å². The van der Waals surface area contributed by atoms with Crippen LogP contribution in [0.15, 0.2) is 28.7 Å². The summed E-state index contributed by atoms with van der Waals surface area (Å²) < 4.78 is 6.20. The standard InChI is InChI=1S/C14H16BrNO4/c15-11-3-1-2-4-12(11)20-8-13(17)16-10-6-5-9(7-10)14(18)19/h1-4,9-10H,5-8H2,(H,16,17)(H,18,19)/t9-,10+/m0/s1. The van der Waals surface area contributed by atoms with Crippen molar-refractivity contribution in [2.45, 2.75) is 25.3 Å². The van der Waals surface area contributed by atoms with Gasteiger partial charge in [0.25, 0.3) is 5.91 Å². The Morgan fingerprint density at radius 2 is 2.10 bits per heavy atom. The highest BCUT2D eigenvalue weighted by Gasteiger charge is 2.30. The molecule has 0 aromatic heterocycles. The van der Waals surface area contributed by atoms with Crippen molar-refractivity contribution in [1.82, 2.24) is 5.32 Å². The van der Waals surface area contributed by atoms with E-state index in [1.54, 1.807) is 6.07 Å². The van der Waals surface area contributed by atoms with Crippen LogP contribution in [0.4, 0.5) is 0 Å². The first kappa shape index (κ1) is 14.8. The fourth-order valence-electron chi connectivity index (χ4n) is 2.31. The normalized spacial score (nSPS) is 21.4. The van der Waals surface area contributed by atoms with Crippen LogP contribution in [0.25, 0.3) is 0 Å². The molecule has 1 aromatic rings. The summed E-state index contributed by atoms with van der Waals surface area (Å²) in [5.74, 6) is -0.745. The molecule has 0 unspecified atom stereocenters. The van der Waals surface area contributed by atoms with E-state index in [-0.39, 0.29) is 24.5 Å². The third-order valence-corrected chi connectivity index (χ3v) is 4.00. The van der Waals surface area contributed by atoms with Crippen LogP contribution in [-0.4, -0.2) is 29.6 Å². The number of carbonyl (C=O) groups excluding carboxylic acids is 1. The minimum absolute atomic E-state index is 0.0635. The summed E-state index contributed by atoms with van der Waals surface area (Å²) in [5, 5.41) is 11.7. The second-order valence-corrected chi connectivity index (χ2v) is 5.69. The van der Waals surface area contributed by atoms with Gasteiger partial charge in [0.15, 0.2) is 6.61 Å². The number of carbonyl (C=O) groups is 2. The molecule has 1 fully saturated rings. The molecule has 1 saturated carbocycles. The van der Waals surface area contributed by atoms with Gasteiger partial charge < -0.3 is 15.2 Å². The van der Waals surface area contributed by atoms with Crippen LogP contribution in [0.1, 0.15) is 19.3 Å². The first-order valence-electron chi connectivity index (χ1n) is 6.45. The van der Waals surface area contributed by atoms with Crippen molar-refractivity contribution in [2.75, 3.05) is 6.61 Å². The van der Waals surface area contributed by atoms with Gasteiger partial charge in [0.05, 0.1) is 10.4 Å². The highest BCUT2D eigenvalue weighted by Crippen LogP contribution is 2.26. The summed E-state index contributed by atoms with van der Waals surface area (Å²) in [6.45, 7) is -0.0726. The Bertz CT molecular complexity index is 506. The molecule has 6 heteroatoms. The van der Waals surface area contributed by atoms with Gasteiger partial charge >= 0.3 is 5.97 Å². The Labute approximate surface area is 125 Å². The predicted octanol–water partition coefficient (Wildman–Crippen LogP) is 2.20. The van der Waals surface area contributed by atoms with E-state index in [9.17, 15) is 9.59 Å². The van der Waals surface area contributed by atoms with Crippen LogP contribution in [0.2, 0.25) is 0 Å². The van der Waals surface area contributed by atoms with Gasteiger partial charge in [-0.15, -0.1) is 0 Å². The van der Waals surface area contributed by atoms with Crippen LogP contribution in [0.5, 0.6) is 5.75 Å². The van der Waals surface area contributed by atoms with Gasteiger partial charge in [-0.05, 0) is 47.3 Å². The second-order valence-electron chi connectivity index (χ2n) is 4.83. The Morgan fingerprint density at radius 1 is 1.35 bits per heavy atom. The number of hydrogen-bond acceptors (Lipinski definition) is 3. The molecule has 0 saturated heterocycles. The molecule has 1 aliphatic rings. The summed E-state index contributed by atoms with van der Waals surface area (Å²) in [7, 11) is 0. The lowest BCUT2D eigenvalue weighted by Crippen LogP contribution is -2.36. The average molecular weight is 342 g/mol. The average Bonchev–Trinajstić information content (AvgIpc) is 2.86. The fourth-order valence-corrected chi connectivity index (χ4v) is 2.71. The van der Waals surface area contributed by atoms with Crippen LogP contribution in [0.3, 0.4) is 0 Å². The molecule has 0 spiro atoms. The molecule has 0 radical (unpaired) electrons. The van der Waals surface area contributed by atoms with Gasteiger partial charge in [0, 0.05) is 6.04 Å². The summed E-state index contributed by atoms with van der Waals surface area (Å²) in [4.78, 5) is 22.6. The number of nitrogens with one attached hydrogen (secondary N) is 1. The zero-order valence-corrected chi connectivity index (χ0v) is 12.4. The van der Waals surface area contributed by atoms with Gasteiger partial charge in [-0.1, -0.05) is 12.1 Å². The maximum atomic E-state index is 11.8. The number of aliphatic carboxylic acids is 1. The Hall–Kier alpha value is -1.56. The van der Waals surface area contributed by atoms with E-state index in [1.165, 1.54) is 0 Å². The Morgan fingerprint density at radius 3 is 2.75 bits per heavy atom. The smallest absolute Gasteiger partial charge is 0.306 e. The first-order valence-corrected chi connectivity index (χ1v) is 7.25. The van der Waals surface area contributed by atoms with Crippen LogP contribution < -0.4 is 10.1 Å². The van der Waals surface area contributed by atoms with Gasteiger partial charge in [-0.3, -0.25) is 9.59 Å². The highest BCUT2D eigenvalue weighted by atomic mass is 79.9. The zero-order chi connectivity index (χ0) is 14.5. The van der Waals surface area contributed by atoms with Gasteiger partial charge in [0.1, 0.15) is 5.75 Å². The molecule has 0 aliphatic heterocycles. The van der Waals surface area contributed by atoms with Crippen molar-refractivity contribution in [3.8, 4) is 5.75 Å². The number of para-hydroxylation sites is 1. The predicted molar refractivity (Wildman–Crippen MR) is 76.5 cm³/mol. The van der Waals surface area contributed by atoms with Gasteiger partial charge in [-0.25, -0.2) is 0 Å². The quantitative estimate of drug-likeness (QED) is 0.860. The maximum Gasteiger partial charge on any atom is 0.306 e. The third kappa shape index (κ3) is 3.96. The van der Waals surface area contributed by atoms with Crippen molar-refractivity contribution in [1.29, 1.82) is 0 Å². The summed E-state index contributed by atoms with van der Waals surface area (Å²) in [6, 6.07) is 7.23. The number of carboxylic acids is 1. The molecular weight excluding hydrogens is 326 g/mol. The number of hydrogen-bond donors (Lipinski definition) is 2. The van der Waals surface area contributed by atoms with Crippen molar-refractivity contribution >= 4 is 27.8 Å². The lowest BCUT2D eigenvalue weighted by molar-refractivity contribution is -0.141. The van der Waals surface area contributed by atoms with E-state index >= 15 is 0 Å². The minimum Gasteiger partial charge on any atom is -0.483 e. The van der Waals surface area contributed by atoms with E-state index in [4.69, 9.17) is 9.84 Å². The van der Waals surface area contributed by atoms with Crippen molar-refractivity contribution < 1.29 is 19.4 Å². The molecule has 1 aromatic carbocycles. The van der Waals surface area contributed by atoms with Crippen molar-refractivity contribution in [2.24, 2.45) is 5.92 Å². The monoisotopic (exact) mass is 341 g/mol. The maximum absolute atomic E-state index is 11.8. The Kier molecular flexibility index (Phi) is 5.00. The van der Waals surface area contributed by atoms with E-state index in [1.807, 2.05) is 18.2 Å². The molecule has 0 heterocycles. The van der Waals surface area contributed by atoms with Gasteiger partial charge in [-0.2, -0.15) is 0 Å². The number of halogens is 1. The third-order valence-electron chi connectivity index (χ3n) is 3.34. The number of rotatable bonds is 5. The number of amides is 1. The SMILES string of the molecule is O=C(COc1ccccc1Br)N[C@@H]1CC[C@H](C(=O)O)C1. The molecule has 2 N–H and O–H groups in total. The van der Waals surface area contributed by atoms with Gasteiger partial charge in [0.2, 0.25) is 0 Å². The Balaban J connectivity index is 1.77. The van der Waals surface area contributed by atoms with E-state index in [0.29, 0.717) is 25.0 Å². The second kappa shape index (κ2) is 6.74. The molecule has 1 aliphatic carbocycles. The molecule has 1 amide bonds. The largest absolute Gasteiger partial charge is 0.483 e. The van der Waals surface area contributed by atoms with Crippen LogP contribution in [0, 0.1) is 5.92 Å². The summed E-state index contributed by atoms with van der Waals surface area (Å²) >= 11 is 3.34. The van der Waals surface area contributed by atoms with E-state index < -0.39 is 5.97 Å². The van der Waals surface area contributed by atoms with E-state index in [0.717, 1.165) is 4.47 Å². The number of carboxylic acid groups (broad SMARTS) is 1. The lowest BCUT2D eigenvalue weighted by atomic mass is 10.1. The zero-order valence-electron chi connectivity index (χ0n) is 10.8. The molecule has 108 valence electrons. The molecule has 5 nitrogen and oxygen atoms in total. The molecular formula is C14H16BrNO4. The molecule has 2 atom stereocenters. The highest BCUT2D eigenvalue weighted by molar-refractivity contribution is 9.10. The van der Waals surface area contributed by atoms with Crippen LogP contribution in [-0.2, 0) is 9.59 Å². The number of ether oxygens (including phenoxy) is 1. The molecule has 2 rings (SSSR count). The molecule has 0 bridgehead atoms. The number of benzene rings is 1. The summed E-state index contributed by atoms with van der Waals surface area (Å²) in [6.07, 6.45) is 1.82. The molecule has 20 heavy (non-hydrogen) atoms. The minimum atomic E-state index is -0.786. The van der Waals surface area contributed by atoms with E-state index in [2.05, 4.69) is 21.2 Å². The summed E-state index contributed by atoms with van der Waals surface area (Å²) in [5.41, 5.74) is 0. The van der Waals surface area contributed by atoms with Crippen molar-refractivity contribution in [3.63, 3.8) is 0 Å². The lowest BCUT2D eigenvalue weighted by Gasteiger charge is -2.13. The fraction of sp³-hybridized carbons (Fsp3) is 0.429. The van der Waals surface area contributed by atoms with Crippen molar-refractivity contribution in [3.05, 3.63) is 28.7 Å². The topological polar surface area (TPSA) is 75.6 Å².